The zero-order valence-electron chi connectivity index (χ0n) is 13.0. The molecular formula is C16H19N3O3S. The number of nitrogens with one attached hydrogen (secondary N) is 3. The predicted molar refractivity (Wildman–Crippen MR) is 89.3 cm³/mol. The van der Waals surface area contributed by atoms with Gasteiger partial charge < -0.3 is 15.6 Å². The summed E-state index contributed by atoms with van der Waals surface area (Å²) < 4.78 is 0. The number of rotatable bonds is 6. The summed E-state index contributed by atoms with van der Waals surface area (Å²) in [6.07, 6.45) is 1.53. The van der Waals surface area contributed by atoms with E-state index in [0.29, 0.717) is 10.4 Å². The molecule has 0 spiro atoms. The van der Waals surface area contributed by atoms with Gasteiger partial charge in [0.25, 0.3) is 5.91 Å². The summed E-state index contributed by atoms with van der Waals surface area (Å²) in [5.41, 5.74) is 0.484. The van der Waals surface area contributed by atoms with Crippen molar-refractivity contribution in [2.45, 2.75) is 26.4 Å². The van der Waals surface area contributed by atoms with Gasteiger partial charge in [0.15, 0.2) is 0 Å². The molecule has 0 aliphatic carbocycles. The Morgan fingerprint density at radius 3 is 2.70 bits per heavy atom. The van der Waals surface area contributed by atoms with Crippen LogP contribution < -0.4 is 16.2 Å². The highest BCUT2D eigenvalue weighted by molar-refractivity contribution is 7.12. The highest BCUT2D eigenvalue weighted by Gasteiger charge is 2.24. The van der Waals surface area contributed by atoms with E-state index < -0.39 is 6.04 Å². The molecule has 0 saturated carbocycles. The number of H-pyrrole nitrogens is 1. The molecule has 0 aliphatic rings. The number of carbonyl (C=O) groups excluding carboxylic acids is 2. The number of hydrogen-bond donors (Lipinski definition) is 3. The molecule has 1 unspecified atom stereocenters. The van der Waals surface area contributed by atoms with Gasteiger partial charge in [0.1, 0.15) is 6.04 Å². The summed E-state index contributed by atoms with van der Waals surface area (Å²) in [5, 5.41) is 7.32. The summed E-state index contributed by atoms with van der Waals surface area (Å²) in [5.74, 6) is -0.590. The molecule has 2 heterocycles. The Hall–Kier alpha value is -2.41. The van der Waals surface area contributed by atoms with Crippen LogP contribution in [-0.2, 0) is 11.3 Å². The lowest BCUT2D eigenvalue weighted by atomic mass is 10.0. The molecule has 3 N–H and O–H groups in total. The summed E-state index contributed by atoms with van der Waals surface area (Å²) in [6, 6.07) is 6.01. The largest absolute Gasteiger partial charge is 0.350 e. The van der Waals surface area contributed by atoms with Gasteiger partial charge in [-0.05, 0) is 29.0 Å². The van der Waals surface area contributed by atoms with Gasteiger partial charge in [-0.15, -0.1) is 11.3 Å². The predicted octanol–water partition coefficient (Wildman–Crippen LogP) is 1.51. The summed E-state index contributed by atoms with van der Waals surface area (Å²) in [6.45, 7) is 3.97. The molecule has 2 aromatic rings. The monoisotopic (exact) mass is 333 g/mol. The van der Waals surface area contributed by atoms with Gasteiger partial charge in [-0.2, -0.15) is 0 Å². The summed E-state index contributed by atoms with van der Waals surface area (Å²) in [7, 11) is 0. The van der Waals surface area contributed by atoms with Crippen molar-refractivity contribution in [1.82, 2.24) is 15.6 Å². The number of pyridine rings is 1. The van der Waals surface area contributed by atoms with Crippen molar-refractivity contribution in [2.75, 3.05) is 0 Å². The third kappa shape index (κ3) is 4.79. The fourth-order valence-electron chi connectivity index (χ4n) is 2.05. The number of thiophene rings is 1. The Bertz CT molecular complexity index is 722. The topological polar surface area (TPSA) is 91.1 Å². The van der Waals surface area contributed by atoms with Crippen LogP contribution in [0.5, 0.6) is 0 Å². The lowest BCUT2D eigenvalue weighted by molar-refractivity contribution is -0.124. The molecule has 6 nitrogen and oxygen atoms in total. The first-order chi connectivity index (χ1) is 11.0. The highest BCUT2D eigenvalue weighted by atomic mass is 32.1. The average Bonchev–Trinajstić information content (AvgIpc) is 3.04. The average molecular weight is 333 g/mol. The Morgan fingerprint density at radius 1 is 1.30 bits per heavy atom. The first kappa shape index (κ1) is 17.0. The molecular weight excluding hydrogens is 314 g/mol. The first-order valence-electron chi connectivity index (χ1n) is 7.27. The van der Waals surface area contributed by atoms with E-state index in [2.05, 4.69) is 15.6 Å². The van der Waals surface area contributed by atoms with E-state index in [4.69, 9.17) is 0 Å². The van der Waals surface area contributed by atoms with Gasteiger partial charge in [0.2, 0.25) is 11.5 Å². The molecule has 7 heteroatoms. The van der Waals surface area contributed by atoms with E-state index in [1.165, 1.54) is 23.6 Å². The molecule has 23 heavy (non-hydrogen) atoms. The van der Waals surface area contributed by atoms with Crippen molar-refractivity contribution in [1.29, 1.82) is 0 Å². The van der Waals surface area contributed by atoms with Crippen molar-refractivity contribution >= 4 is 23.2 Å². The minimum Gasteiger partial charge on any atom is -0.350 e. The van der Waals surface area contributed by atoms with Crippen molar-refractivity contribution in [3.8, 4) is 0 Å². The second kappa shape index (κ2) is 7.73. The third-order valence-corrected chi connectivity index (χ3v) is 4.16. The minimum atomic E-state index is -0.633. The number of hydrogen-bond acceptors (Lipinski definition) is 4. The van der Waals surface area contributed by atoms with Crippen molar-refractivity contribution in [3.05, 3.63) is 56.6 Å². The van der Waals surface area contributed by atoms with Crippen LogP contribution in [0.25, 0.3) is 0 Å². The number of aromatic amines is 1. The van der Waals surface area contributed by atoms with E-state index in [1.54, 1.807) is 18.2 Å². The van der Waals surface area contributed by atoms with Crippen LogP contribution in [0.15, 0.2) is 40.6 Å². The smallest absolute Gasteiger partial charge is 0.262 e. The van der Waals surface area contributed by atoms with E-state index in [1.807, 2.05) is 19.2 Å². The van der Waals surface area contributed by atoms with Crippen LogP contribution in [0.2, 0.25) is 0 Å². The van der Waals surface area contributed by atoms with Crippen LogP contribution in [0.4, 0.5) is 0 Å². The standard InChI is InChI=1S/C16H19N3O3S/c1-10(2)14(19-15(21)12-4-3-7-23-12)16(22)18-9-11-5-6-17-13(20)8-11/h3-8,10,14H,9H2,1-2H3,(H,17,20)(H,18,22)(H,19,21). The molecule has 0 radical (unpaired) electrons. The fraction of sp³-hybridized carbons (Fsp3) is 0.312. The Labute approximate surface area is 137 Å². The van der Waals surface area contributed by atoms with Crippen molar-refractivity contribution < 1.29 is 9.59 Å². The van der Waals surface area contributed by atoms with E-state index in [-0.39, 0.29) is 29.8 Å². The highest BCUT2D eigenvalue weighted by Crippen LogP contribution is 2.10. The lowest BCUT2D eigenvalue weighted by Gasteiger charge is -2.21. The Balaban J connectivity index is 1.98. The molecule has 0 bridgehead atoms. The van der Waals surface area contributed by atoms with Gasteiger partial charge in [0.05, 0.1) is 4.88 Å². The Morgan fingerprint density at radius 2 is 2.09 bits per heavy atom. The molecule has 2 amide bonds. The molecule has 0 aliphatic heterocycles. The first-order valence-corrected chi connectivity index (χ1v) is 8.15. The normalized spacial score (nSPS) is 12.0. The fourth-order valence-corrected chi connectivity index (χ4v) is 2.68. The van der Waals surface area contributed by atoms with Crippen LogP contribution in [-0.4, -0.2) is 22.8 Å². The van der Waals surface area contributed by atoms with Gasteiger partial charge >= 0.3 is 0 Å². The van der Waals surface area contributed by atoms with E-state index >= 15 is 0 Å². The minimum absolute atomic E-state index is 0.0573. The number of aromatic nitrogens is 1. The van der Waals surface area contributed by atoms with Crippen molar-refractivity contribution in [3.63, 3.8) is 0 Å². The van der Waals surface area contributed by atoms with Gasteiger partial charge in [-0.25, -0.2) is 0 Å². The number of amides is 2. The van der Waals surface area contributed by atoms with Crippen LogP contribution in [0, 0.1) is 5.92 Å². The van der Waals surface area contributed by atoms with Crippen LogP contribution >= 0.6 is 11.3 Å². The maximum absolute atomic E-state index is 12.3. The Kier molecular flexibility index (Phi) is 5.70. The molecule has 0 saturated heterocycles. The molecule has 0 fully saturated rings. The van der Waals surface area contributed by atoms with Crippen molar-refractivity contribution in [2.24, 2.45) is 5.92 Å². The molecule has 122 valence electrons. The van der Waals surface area contributed by atoms with Gasteiger partial charge in [0, 0.05) is 18.8 Å². The van der Waals surface area contributed by atoms with Gasteiger partial charge in [-0.1, -0.05) is 19.9 Å². The second-order valence-electron chi connectivity index (χ2n) is 5.45. The van der Waals surface area contributed by atoms with Crippen LogP contribution in [0.3, 0.4) is 0 Å². The zero-order chi connectivity index (χ0) is 16.8. The molecule has 2 aromatic heterocycles. The number of carbonyl (C=O) groups is 2. The third-order valence-electron chi connectivity index (χ3n) is 3.29. The summed E-state index contributed by atoms with van der Waals surface area (Å²) in [4.78, 5) is 38.8. The molecule has 2 rings (SSSR count). The second-order valence-corrected chi connectivity index (χ2v) is 6.40. The zero-order valence-corrected chi connectivity index (χ0v) is 13.8. The molecule has 1 atom stereocenters. The van der Waals surface area contributed by atoms with Crippen LogP contribution in [0.1, 0.15) is 29.1 Å². The molecule has 0 aromatic carbocycles. The van der Waals surface area contributed by atoms with Gasteiger partial charge in [-0.3, -0.25) is 14.4 Å². The maximum Gasteiger partial charge on any atom is 0.262 e. The SMILES string of the molecule is CC(C)C(NC(=O)c1cccs1)C(=O)NCc1cc[nH]c(=O)c1. The van der Waals surface area contributed by atoms with E-state index in [0.717, 1.165) is 0 Å². The lowest BCUT2D eigenvalue weighted by Crippen LogP contribution is -2.49. The maximum atomic E-state index is 12.3. The quantitative estimate of drug-likeness (QED) is 0.748. The summed E-state index contributed by atoms with van der Waals surface area (Å²) >= 11 is 1.33. The van der Waals surface area contributed by atoms with E-state index in [9.17, 15) is 14.4 Å².